The molecule has 2 rings (SSSR count). The highest BCUT2D eigenvalue weighted by Gasteiger charge is 2.25. The number of anilines is 1. The van der Waals surface area contributed by atoms with Crippen molar-refractivity contribution in [1.82, 2.24) is 4.90 Å². The second kappa shape index (κ2) is 7.68. The van der Waals surface area contributed by atoms with Gasteiger partial charge in [-0.25, -0.2) is 0 Å². The van der Waals surface area contributed by atoms with Crippen molar-refractivity contribution in [2.45, 2.75) is 65.0 Å². The average molecular weight is 274 g/mol. The van der Waals surface area contributed by atoms with Gasteiger partial charge in [-0.1, -0.05) is 51.3 Å². The van der Waals surface area contributed by atoms with Crippen molar-refractivity contribution in [2.75, 3.05) is 12.3 Å². The Bertz CT molecular complexity index is 402. The van der Waals surface area contributed by atoms with E-state index < -0.39 is 0 Å². The Labute approximate surface area is 124 Å². The molecule has 20 heavy (non-hydrogen) atoms. The van der Waals surface area contributed by atoms with Gasteiger partial charge >= 0.3 is 0 Å². The number of rotatable bonds is 6. The largest absolute Gasteiger partial charge is 0.398 e. The summed E-state index contributed by atoms with van der Waals surface area (Å²) in [6.45, 7) is 6.82. The molecule has 1 aromatic rings. The van der Waals surface area contributed by atoms with E-state index in [0.717, 1.165) is 24.2 Å². The normalized spacial score (nSPS) is 23.1. The van der Waals surface area contributed by atoms with Gasteiger partial charge < -0.3 is 5.73 Å². The molecule has 0 aliphatic heterocycles. The molecule has 2 heteroatoms. The molecule has 2 unspecified atom stereocenters. The molecule has 1 fully saturated rings. The van der Waals surface area contributed by atoms with Crippen LogP contribution < -0.4 is 5.73 Å². The molecule has 2 atom stereocenters. The summed E-state index contributed by atoms with van der Waals surface area (Å²) < 4.78 is 0. The van der Waals surface area contributed by atoms with Crippen LogP contribution in [0, 0.1) is 5.92 Å². The van der Waals surface area contributed by atoms with E-state index in [1.54, 1.807) is 0 Å². The molecule has 0 heterocycles. The van der Waals surface area contributed by atoms with E-state index in [4.69, 9.17) is 5.73 Å². The third kappa shape index (κ3) is 3.99. The van der Waals surface area contributed by atoms with Crippen LogP contribution in [0.3, 0.4) is 0 Å². The minimum Gasteiger partial charge on any atom is -0.398 e. The molecular formula is C18H30N2. The van der Waals surface area contributed by atoms with Crippen molar-refractivity contribution in [1.29, 1.82) is 0 Å². The lowest BCUT2D eigenvalue weighted by Gasteiger charge is -2.37. The third-order valence-corrected chi connectivity index (χ3v) is 4.79. The maximum absolute atomic E-state index is 6.12. The summed E-state index contributed by atoms with van der Waals surface area (Å²) in [6, 6.07) is 9.09. The Morgan fingerprint density at radius 2 is 2.00 bits per heavy atom. The topological polar surface area (TPSA) is 29.3 Å². The van der Waals surface area contributed by atoms with Crippen molar-refractivity contribution in [3.63, 3.8) is 0 Å². The summed E-state index contributed by atoms with van der Waals surface area (Å²) in [4.78, 5) is 2.67. The lowest BCUT2D eigenvalue weighted by molar-refractivity contribution is 0.121. The monoisotopic (exact) mass is 274 g/mol. The van der Waals surface area contributed by atoms with Gasteiger partial charge in [0.25, 0.3) is 0 Å². The van der Waals surface area contributed by atoms with E-state index in [0.29, 0.717) is 0 Å². The summed E-state index contributed by atoms with van der Waals surface area (Å²) >= 11 is 0. The van der Waals surface area contributed by atoms with Crippen LogP contribution in [0.4, 0.5) is 5.69 Å². The predicted octanol–water partition coefficient (Wildman–Crippen LogP) is 4.45. The van der Waals surface area contributed by atoms with Gasteiger partial charge in [-0.15, -0.1) is 0 Å². The fourth-order valence-electron chi connectivity index (χ4n) is 3.54. The van der Waals surface area contributed by atoms with Gasteiger partial charge in [0, 0.05) is 18.3 Å². The van der Waals surface area contributed by atoms with Gasteiger partial charge in [-0.3, -0.25) is 4.90 Å². The molecule has 2 nitrogen and oxygen atoms in total. The lowest BCUT2D eigenvalue weighted by atomic mass is 9.83. The van der Waals surface area contributed by atoms with Crippen molar-refractivity contribution >= 4 is 5.69 Å². The number of hydrogen-bond acceptors (Lipinski definition) is 2. The second-order valence-electron chi connectivity index (χ2n) is 6.26. The zero-order valence-electron chi connectivity index (χ0n) is 13.1. The van der Waals surface area contributed by atoms with Crippen molar-refractivity contribution in [3.05, 3.63) is 29.8 Å². The fraction of sp³-hybridized carbons (Fsp3) is 0.667. The molecule has 0 aromatic heterocycles. The molecule has 0 saturated heterocycles. The highest BCUT2D eigenvalue weighted by molar-refractivity contribution is 5.46. The third-order valence-electron chi connectivity index (χ3n) is 4.79. The first-order valence-corrected chi connectivity index (χ1v) is 8.32. The van der Waals surface area contributed by atoms with Crippen LogP contribution in [0.25, 0.3) is 0 Å². The van der Waals surface area contributed by atoms with Gasteiger partial charge in [0.1, 0.15) is 0 Å². The average Bonchev–Trinajstić information content (AvgIpc) is 2.49. The van der Waals surface area contributed by atoms with Gasteiger partial charge in [-0.05, 0) is 43.4 Å². The summed E-state index contributed by atoms with van der Waals surface area (Å²) in [6.07, 6.45) is 8.13. The van der Waals surface area contributed by atoms with Crippen LogP contribution in [-0.4, -0.2) is 17.5 Å². The number of nitrogens with two attached hydrogens (primary N) is 1. The van der Waals surface area contributed by atoms with Crippen LogP contribution in [0.15, 0.2) is 24.3 Å². The molecule has 1 aliphatic carbocycles. The highest BCUT2D eigenvalue weighted by atomic mass is 15.2. The van der Waals surface area contributed by atoms with Crippen LogP contribution in [0.2, 0.25) is 0 Å². The Kier molecular flexibility index (Phi) is 5.90. The van der Waals surface area contributed by atoms with Crippen molar-refractivity contribution < 1.29 is 0 Å². The Morgan fingerprint density at radius 3 is 2.70 bits per heavy atom. The Morgan fingerprint density at radius 1 is 1.20 bits per heavy atom. The van der Waals surface area contributed by atoms with Crippen LogP contribution >= 0.6 is 0 Å². The van der Waals surface area contributed by atoms with Crippen molar-refractivity contribution in [3.8, 4) is 0 Å². The van der Waals surface area contributed by atoms with Gasteiger partial charge in [-0.2, -0.15) is 0 Å². The molecule has 0 bridgehead atoms. The summed E-state index contributed by atoms with van der Waals surface area (Å²) in [5.41, 5.74) is 8.35. The van der Waals surface area contributed by atoms with Crippen LogP contribution in [0.1, 0.15) is 57.9 Å². The minimum atomic E-state index is 0.758. The zero-order chi connectivity index (χ0) is 14.4. The Hall–Kier alpha value is -1.02. The SMILES string of the molecule is CCCN(Cc1ccccc1N)C1CCCC(CC)C1. The number of para-hydroxylation sites is 1. The van der Waals surface area contributed by atoms with E-state index in [-0.39, 0.29) is 0 Å². The molecule has 0 radical (unpaired) electrons. The van der Waals surface area contributed by atoms with E-state index in [1.807, 2.05) is 12.1 Å². The second-order valence-corrected chi connectivity index (χ2v) is 6.26. The van der Waals surface area contributed by atoms with E-state index >= 15 is 0 Å². The number of nitrogen functional groups attached to an aromatic ring is 1. The molecule has 1 saturated carbocycles. The smallest absolute Gasteiger partial charge is 0.0359 e. The quantitative estimate of drug-likeness (QED) is 0.777. The molecule has 112 valence electrons. The molecule has 0 spiro atoms. The molecule has 2 N–H and O–H groups in total. The first-order chi connectivity index (χ1) is 9.74. The number of nitrogens with zero attached hydrogens (tertiary/aromatic N) is 1. The highest BCUT2D eigenvalue weighted by Crippen LogP contribution is 2.31. The zero-order valence-corrected chi connectivity index (χ0v) is 13.1. The molecule has 1 aromatic carbocycles. The van der Waals surface area contributed by atoms with E-state index in [1.165, 1.54) is 50.6 Å². The summed E-state index contributed by atoms with van der Waals surface area (Å²) in [5.74, 6) is 0.932. The maximum atomic E-state index is 6.12. The lowest BCUT2D eigenvalue weighted by Crippen LogP contribution is -2.39. The van der Waals surface area contributed by atoms with E-state index in [9.17, 15) is 0 Å². The molecule has 1 aliphatic rings. The van der Waals surface area contributed by atoms with Gasteiger partial charge in [0.15, 0.2) is 0 Å². The maximum Gasteiger partial charge on any atom is 0.0359 e. The summed E-state index contributed by atoms with van der Waals surface area (Å²) in [5, 5.41) is 0. The first-order valence-electron chi connectivity index (χ1n) is 8.32. The van der Waals surface area contributed by atoms with Gasteiger partial charge in [0.05, 0.1) is 0 Å². The molecule has 0 amide bonds. The Balaban J connectivity index is 2.04. The number of hydrogen-bond donors (Lipinski definition) is 1. The summed E-state index contributed by atoms with van der Waals surface area (Å²) in [7, 11) is 0. The fourth-order valence-corrected chi connectivity index (χ4v) is 3.54. The number of benzene rings is 1. The predicted molar refractivity (Wildman–Crippen MR) is 87.6 cm³/mol. The van der Waals surface area contributed by atoms with Crippen LogP contribution in [-0.2, 0) is 6.54 Å². The minimum absolute atomic E-state index is 0.758. The van der Waals surface area contributed by atoms with Crippen LogP contribution in [0.5, 0.6) is 0 Å². The van der Waals surface area contributed by atoms with Gasteiger partial charge in [0.2, 0.25) is 0 Å². The van der Waals surface area contributed by atoms with Crippen molar-refractivity contribution in [2.24, 2.45) is 5.92 Å². The first kappa shape index (κ1) is 15.4. The molecular weight excluding hydrogens is 244 g/mol. The van der Waals surface area contributed by atoms with E-state index in [2.05, 4.69) is 30.9 Å². The standard InChI is InChI=1S/C18H30N2/c1-3-12-20(14-16-9-5-6-11-18(16)19)17-10-7-8-15(4-2)13-17/h5-6,9,11,15,17H,3-4,7-8,10,12-14,19H2,1-2H3.